The van der Waals surface area contributed by atoms with E-state index >= 15 is 0 Å². The van der Waals surface area contributed by atoms with Crippen LogP contribution in [0.25, 0.3) is 11.2 Å². The second kappa shape index (κ2) is 7.23. The number of anilines is 1. The summed E-state index contributed by atoms with van der Waals surface area (Å²) in [4.78, 5) is 12.5. The van der Waals surface area contributed by atoms with E-state index in [1.165, 1.54) is 22.7 Å². The molecule has 3 unspecified atom stereocenters. The summed E-state index contributed by atoms with van der Waals surface area (Å²) in [5, 5.41) is 30.1. The van der Waals surface area contributed by atoms with Crippen molar-refractivity contribution in [2.45, 2.75) is 37.3 Å². The summed E-state index contributed by atoms with van der Waals surface area (Å²) >= 11 is 1.34. The highest BCUT2D eigenvalue weighted by molar-refractivity contribution is 7.98. The maximum Gasteiger partial charge on any atom is 0.191 e. The summed E-state index contributed by atoms with van der Waals surface area (Å²) in [5.74, 6) is -0.0199. The van der Waals surface area contributed by atoms with Crippen LogP contribution in [0.4, 0.5) is 5.82 Å². The van der Waals surface area contributed by atoms with Crippen LogP contribution in [0.3, 0.4) is 0 Å². The monoisotopic (exact) mass is 327 g/mol. The predicted molar refractivity (Wildman–Crippen MR) is 84.3 cm³/mol. The van der Waals surface area contributed by atoms with Crippen molar-refractivity contribution in [2.24, 2.45) is 5.92 Å². The number of hydrogen-bond donors (Lipinski definition) is 4. The first-order chi connectivity index (χ1) is 10.5. The zero-order chi connectivity index (χ0) is 16.3. The number of nitrogen functional groups attached to an aromatic ring is 1. The second-order valence-electron chi connectivity index (χ2n) is 5.05. The fourth-order valence-corrected chi connectivity index (χ4v) is 2.64. The Hall–Kier alpha value is -1.42. The number of nitrogens with zero attached hydrogens (tertiary/aromatic N) is 4. The number of hydrogen-bond acceptors (Lipinski definition) is 8. The van der Waals surface area contributed by atoms with Crippen molar-refractivity contribution in [3.05, 3.63) is 6.33 Å². The standard InChI is InChI=1S/C13H21N5O3S/c1-3-7(5-19)8(20)4-9(21)18-6-15-10-11(14)16-13(22-2)17-12(10)18/h6-9,19-21H,3-5H2,1-2H3,(H2,14,16,17). The fraction of sp³-hybridized carbons (Fsp3) is 0.615. The van der Waals surface area contributed by atoms with Crippen LogP contribution in [0.15, 0.2) is 11.5 Å². The SMILES string of the molecule is CCC(CO)C(O)CC(O)n1cnc2c(N)nc(SC)nc21. The van der Waals surface area contributed by atoms with E-state index in [1.807, 2.05) is 13.2 Å². The average molecular weight is 327 g/mol. The first-order valence-electron chi connectivity index (χ1n) is 7.02. The quantitative estimate of drug-likeness (QED) is 0.424. The third-order valence-corrected chi connectivity index (χ3v) is 4.23. The Morgan fingerprint density at radius 1 is 1.36 bits per heavy atom. The molecule has 0 aromatic carbocycles. The van der Waals surface area contributed by atoms with Crippen LogP contribution in [-0.2, 0) is 0 Å². The van der Waals surface area contributed by atoms with E-state index in [1.54, 1.807) is 0 Å². The highest BCUT2D eigenvalue weighted by Gasteiger charge is 2.23. The van der Waals surface area contributed by atoms with Gasteiger partial charge in [-0.2, -0.15) is 0 Å². The number of imidazole rings is 1. The lowest BCUT2D eigenvalue weighted by atomic mass is 9.97. The zero-order valence-electron chi connectivity index (χ0n) is 12.5. The molecule has 0 saturated carbocycles. The van der Waals surface area contributed by atoms with Gasteiger partial charge in [-0.15, -0.1) is 0 Å². The lowest BCUT2D eigenvalue weighted by Gasteiger charge is -2.22. The minimum Gasteiger partial charge on any atom is -0.396 e. The minimum absolute atomic E-state index is 0.0725. The van der Waals surface area contributed by atoms with Crippen LogP contribution in [0.2, 0.25) is 0 Å². The lowest BCUT2D eigenvalue weighted by Crippen LogP contribution is -2.27. The Labute approximate surface area is 132 Å². The van der Waals surface area contributed by atoms with Crippen molar-refractivity contribution in [1.82, 2.24) is 19.5 Å². The third kappa shape index (κ3) is 3.32. The molecule has 0 amide bonds. The van der Waals surface area contributed by atoms with Gasteiger partial charge in [-0.25, -0.2) is 15.0 Å². The van der Waals surface area contributed by atoms with Crippen molar-refractivity contribution in [2.75, 3.05) is 18.6 Å². The molecule has 0 saturated heterocycles. The maximum absolute atomic E-state index is 10.3. The van der Waals surface area contributed by atoms with Crippen LogP contribution in [0.1, 0.15) is 26.0 Å². The summed E-state index contributed by atoms with van der Waals surface area (Å²) in [7, 11) is 0. The van der Waals surface area contributed by atoms with E-state index in [2.05, 4.69) is 15.0 Å². The number of aromatic nitrogens is 4. The van der Waals surface area contributed by atoms with E-state index < -0.39 is 12.3 Å². The summed E-state index contributed by atoms with van der Waals surface area (Å²) in [6, 6.07) is 0. The molecule has 8 nitrogen and oxygen atoms in total. The average Bonchev–Trinajstić information content (AvgIpc) is 2.92. The van der Waals surface area contributed by atoms with Gasteiger partial charge in [0.2, 0.25) is 0 Å². The third-order valence-electron chi connectivity index (χ3n) is 3.69. The summed E-state index contributed by atoms with van der Waals surface area (Å²) in [6.07, 6.45) is 2.13. The molecule has 2 heterocycles. The van der Waals surface area contributed by atoms with Gasteiger partial charge in [0.15, 0.2) is 16.6 Å². The molecule has 0 radical (unpaired) electrons. The molecule has 0 aliphatic rings. The number of thioether (sulfide) groups is 1. The van der Waals surface area contributed by atoms with Gasteiger partial charge >= 0.3 is 0 Å². The predicted octanol–water partition coefficient (Wildman–Crippen LogP) is 0.391. The molecule has 0 bridgehead atoms. The van der Waals surface area contributed by atoms with Gasteiger partial charge in [0, 0.05) is 18.9 Å². The normalized spacial score (nSPS) is 15.9. The highest BCUT2D eigenvalue weighted by atomic mass is 32.2. The first-order valence-corrected chi connectivity index (χ1v) is 8.25. The van der Waals surface area contributed by atoms with Crippen LogP contribution in [-0.4, -0.2) is 53.8 Å². The van der Waals surface area contributed by atoms with Gasteiger partial charge < -0.3 is 21.1 Å². The fourth-order valence-electron chi connectivity index (χ4n) is 2.27. The van der Waals surface area contributed by atoms with Crippen LogP contribution in [0, 0.1) is 5.92 Å². The van der Waals surface area contributed by atoms with Gasteiger partial charge in [0.05, 0.1) is 12.4 Å². The molecule has 3 atom stereocenters. The smallest absolute Gasteiger partial charge is 0.191 e. The number of aliphatic hydroxyl groups excluding tert-OH is 3. The van der Waals surface area contributed by atoms with Crippen LogP contribution >= 0.6 is 11.8 Å². The number of aliphatic hydroxyl groups is 3. The van der Waals surface area contributed by atoms with Gasteiger partial charge in [0.25, 0.3) is 0 Å². The lowest BCUT2D eigenvalue weighted by molar-refractivity contribution is -0.00278. The molecule has 0 aliphatic carbocycles. The zero-order valence-corrected chi connectivity index (χ0v) is 13.4. The molecule has 2 aromatic heterocycles. The molecule has 0 spiro atoms. The van der Waals surface area contributed by atoms with E-state index in [9.17, 15) is 15.3 Å². The van der Waals surface area contributed by atoms with Gasteiger partial charge in [0.1, 0.15) is 11.7 Å². The van der Waals surface area contributed by atoms with E-state index in [0.29, 0.717) is 22.7 Å². The van der Waals surface area contributed by atoms with Gasteiger partial charge in [-0.05, 0) is 12.7 Å². The molecule has 122 valence electrons. The Bertz CT molecular complexity index is 631. The molecule has 5 N–H and O–H groups in total. The highest BCUT2D eigenvalue weighted by Crippen LogP contribution is 2.25. The van der Waals surface area contributed by atoms with Crippen molar-refractivity contribution in [3.63, 3.8) is 0 Å². The molecular weight excluding hydrogens is 306 g/mol. The van der Waals surface area contributed by atoms with Crippen molar-refractivity contribution in [1.29, 1.82) is 0 Å². The second-order valence-corrected chi connectivity index (χ2v) is 5.83. The van der Waals surface area contributed by atoms with E-state index in [0.717, 1.165) is 0 Å². The molecular formula is C13H21N5O3S. The van der Waals surface area contributed by atoms with E-state index in [-0.39, 0.29) is 24.8 Å². The molecule has 0 fully saturated rings. The number of rotatable bonds is 7. The van der Waals surface area contributed by atoms with Crippen LogP contribution < -0.4 is 5.73 Å². The first kappa shape index (κ1) is 16.9. The summed E-state index contributed by atoms with van der Waals surface area (Å²) in [6.45, 7) is 1.75. The Balaban J connectivity index is 2.28. The van der Waals surface area contributed by atoms with Crippen LogP contribution in [0.5, 0.6) is 0 Å². The minimum atomic E-state index is -1.01. The Morgan fingerprint density at radius 2 is 2.09 bits per heavy atom. The largest absolute Gasteiger partial charge is 0.396 e. The Kier molecular flexibility index (Phi) is 5.57. The van der Waals surface area contributed by atoms with Crippen molar-refractivity contribution < 1.29 is 15.3 Å². The van der Waals surface area contributed by atoms with Gasteiger partial charge in [-0.1, -0.05) is 18.7 Å². The molecule has 9 heteroatoms. The maximum atomic E-state index is 10.3. The summed E-state index contributed by atoms with van der Waals surface area (Å²) < 4.78 is 1.46. The van der Waals surface area contributed by atoms with Crippen molar-refractivity contribution in [3.8, 4) is 0 Å². The van der Waals surface area contributed by atoms with Crippen molar-refractivity contribution >= 4 is 28.7 Å². The van der Waals surface area contributed by atoms with Gasteiger partial charge in [-0.3, -0.25) is 4.57 Å². The van der Waals surface area contributed by atoms with E-state index in [4.69, 9.17) is 5.73 Å². The molecule has 0 aliphatic heterocycles. The number of nitrogens with two attached hydrogens (primary N) is 1. The number of fused-ring (bicyclic) bond motifs is 1. The molecule has 2 rings (SSSR count). The topological polar surface area (TPSA) is 130 Å². The molecule has 22 heavy (non-hydrogen) atoms. The Morgan fingerprint density at radius 3 is 2.68 bits per heavy atom. The summed E-state index contributed by atoms with van der Waals surface area (Å²) in [5.41, 5.74) is 6.68. The molecule has 2 aromatic rings.